The van der Waals surface area contributed by atoms with E-state index in [0.717, 1.165) is 0 Å². The molecule has 0 radical (unpaired) electrons. The van der Waals surface area contributed by atoms with Gasteiger partial charge in [-0.15, -0.1) is 11.6 Å². The van der Waals surface area contributed by atoms with Crippen molar-refractivity contribution in [2.45, 2.75) is 5.88 Å². The monoisotopic (exact) mass is 246 g/mol. The van der Waals surface area contributed by atoms with E-state index in [1.165, 1.54) is 18.2 Å². The molecule has 0 unspecified atom stereocenters. The number of aromatic nitrogens is 2. The average molecular weight is 247 g/mol. The SMILES string of the molecule is Fc1ccc(-c2nc(CCl)no2)cc1Cl. The molecule has 0 aliphatic carbocycles. The van der Waals surface area contributed by atoms with E-state index < -0.39 is 5.82 Å². The van der Waals surface area contributed by atoms with Crippen LogP contribution in [0.4, 0.5) is 4.39 Å². The summed E-state index contributed by atoms with van der Waals surface area (Å²) >= 11 is 11.1. The second-order valence-electron chi connectivity index (χ2n) is 2.78. The van der Waals surface area contributed by atoms with E-state index in [2.05, 4.69) is 10.1 Å². The molecule has 1 aromatic heterocycles. The van der Waals surface area contributed by atoms with Crippen LogP contribution < -0.4 is 0 Å². The van der Waals surface area contributed by atoms with Crippen LogP contribution >= 0.6 is 23.2 Å². The van der Waals surface area contributed by atoms with Crippen LogP contribution in [0.25, 0.3) is 11.5 Å². The largest absolute Gasteiger partial charge is 0.334 e. The Bertz CT molecular complexity index is 487. The molecule has 2 aromatic rings. The third kappa shape index (κ3) is 2.11. The van der Waals surface area contributed by atoms with Gasteiger partial charge in [0.05, 0.1) is 10.9 Å². The van der Waals surface area contributed by atoms with Gasteiger partial charge in [-0.2, -0.15) is 4.98 Å². The Balaban J connectivity index is 2.40. The average Bonchev–Trinajstić information content (AvgIpc) is 2.70. The fourth-order valence-corrected chi connectivity index (χ4v) is 1.34. The Morgan fingerprint density at radius 2 is 2.20 bits per heavy atom. The van der Waals surface area contributed by atoms with Crippen LogP contribution in [-0.2, 0) is 5.88 Å². The van der Waals surface area contributed by atoms with E-state index in [1.54, 1.807) is 0 Å². The first-order valence-corrected chi connectivity index (χ1v) is 4.96. The zero-order valence-electron chi connectivity index (χ0n) is 7.38. The van der Waals surface area contributed by atoms with Gasteiger partial charge in [-0.25, -0.2) is 4.39 Å². The Morgan fingerprint density at radius 1 is 1.40 bits per heavy atom. The molecule has 3 nitrogen and oxygen atoms in total. The predicted molar refractivity (Wildman–Crippen MR) is 54.3 cm³/mol. The molecule has 0 aliphatic rings. The van der Waals surface area contributed by atoms with Crippen LogP contribution in [0.1, 0.15) is 5.82 Å². The molecule has 15 heavy (non-hydrogen) atoms. The maximum Gasteiger partial charge on any atom is 0.258 e. The molecule has 0 bridgehead atoms. The minimum absolute atomic E-state index is 0.0122. The van der Waals surface area contributed by atoms with E-state index in [1.807, 2.05) is 0 Å². The lowest BCUT2D eigenvalue weighted by atomic mass is 10.2. The van der Waals surface area contributed by atoms with E-state index in [0.29, 0.717) is 11.4 Å². The molecule has 0 spiro atoms. The van der Waals surface area contributed by atoms with Crippen LogP contribution in [0.2, 0.25) is 5.02 Å². The summed E-state index contributed by atoms with van der Waals surface area (Å²) in [6, 6.07) is 4.16. The van der Waals surface area contributed by atoms with Crippen LogP contribution in [0.3, 0.4) is 0 Å². The summed E-state index contributed by atoms with van der Waals surface area (Å²) in [6.45, 7) is 0. The molecule has 78 valence electrons. The lowest BCUT2D eigenvalue weighted by molar-refractivity contribution is 0.425. The molecule has 0 atom stereocenters. The second-order valence-corrected chi connectivity index (χ2v) is 3.45. The Labute approximate surface area is 94.8 Å². The van der Waals surface area contributed by atoms with Gasteiger partial charge in [0.25, 0.3) is 5.89 Å². The third-order valence-electron chi connectivity index (χ3n) is 1.75. The maximum atomic E-state index is 12.9. The molecular weight excluding hydrogens is 242 g/mol. The van der Waals surface area contributed by atoms with Gasteiger partial charge in [0.15, 0.2) is 5.82 Å². The van der Waals surface area contributed by atoms with E-state index in [4.69, 9.17) is 27.7 Å². The van der Waals surface area contributed by atoms with Gasteiger partial charge in [0, 0.05) is 5.56 Å². The number of nitrogens with zero attached hydrogens (tertiary/aromatic N) is 2. The van der Waals surface area contributed by atoms with Crippen LogP contribution in [0.5, 0.6) is 0 Å². The zero-order valence-corrected chi connectivity index (χ0v) is 8.89. The Morgan fingerprint density at radius 3 is 2.80 bits per heavy atom. The summed E-state index contributed by atoms with van der Waals surface area (Å²) < 4.78 is 17.8. The number of hydrogen-bond donors (Lipinski definition) is 0. The number of hydrogen-bond acceptors (Lipinski definition) is 3. The summed E-state index contributed by atoms with van der Waals surface area (Å²) in [7, 11) is 0. The molecule has 0 fully saturated rings. The van der Waals surface area contributed by atoms with Crippen molar-refractivity contribution in [3.8, 4) is 11.5 Å². The molecule has 0 saturated heterocycles. The van der Waals surface area contributed by atoms with Crippen LogP contribution in [0, 0.1) is 5.82 Å². The highest BCUT2D eigenvalue weighted by Gasteiger charge is 2.09. The van der Waals surface area contributed by atoms with E-state index in [-0.39, 0.29) is 16.8 Å². The smallest absolute Gasteiger partial charge is 0.258 e. The van der Waals surface area contributed by atoms with Crippen molar-refractivity contribution in [1.82, 2.24) is 10.1 Å². The molecular formula is C9H5Cl2FN2O. The molecule has 0 amide bonds. The van der Waals surface area contributed by atoms with Crippen molar-refractivity contribution in [1.29, 1.82) is 0 Å². The normalized spacial score (nSPS) is 10.6. The molecule has 0 saturated carbocycles. The molecule has 0 N–H and O–H groups in total. The van der Waals surface area contributed by atoms with Gasteiger partial charge in [-0.1, -0.05) is 16.8 Å². The quantitative estimate of drug-likeness (QED) is 0.764. The summed E-state index contributed by atoms with van der Waals surface area (Å²) in [5.41, 5.74) is 0.560. The molecule has 6 heteroatoms. The van der Waals surface area contributed by atoms with Gasteiger partial charge >= 0.3 is 0 Å². The summed E-state index contributed by atoms with van der Waals surface area (Å²) in [5, 5.41) is 3.62. The van der Waals surface area contributed by atoms with E-state index in [9.17, 15) is 4.39 Å². The van der Waals surface area contributed by atoms with Crippen molar-refractivity contribution in [3.63, 3.8) is 0 Å². The number of halogens is 3. The number of rotatable bonds is 2. The minimum Gasteiger partial charge on any atom is -0.334 e. The van der Waals surface area contributed by atoms with E-state index >= 15 is 0 Å². The van der Waals surface area contributed by atoms with Crippen molar-refractivity contribution in [2.24, 2.45) is 0 Å². The summed E-state index contributed by atoms with van der Waals surface area (Å²) in [5.74, 6) is 0.329. The van der Waals surface area contributed by atoms with Crippen molar-refractivity contribution >= 4 is 23.2 Å². The van der Waals surface area contributed by atoms with Gasteiger partial charge in [-0.05, 0) is 18.2 Å². The topological polar surface area (TPSA) is 38.9 Å². The number of benzene rings is 1. The third-order valence-corrected chi connectivity index (χ3v) is 2.28. The lowest BCUT2D eigenvalue weighted by Crippen LogP contribution is -1.82. The van der Waals surface area contributed by atoms with Crippen LogP contribution in [-0.4, -0.2) is 10.1 Å². The van der Waals surface area contributed by atoms with Crippen molar-refractivity contribution < 1.29 is 8.91 Å². The Kier molecular flexibility index (Phi) is 2.88. The maximum absolute atomic E-state index is 12.9. The summed E-state index contributed by atoms with van der Waals surface area (Å²) in [4.78, 5) is 3.98. The van der Waals surface area contributed by atoms with Gasteiger partial charge in [-0.3, -0.25) is 0 Å². The van der Waals surface area contributed by atoms with Crippen LogP contribution in [0.15, 0.2) is 22.7 Å². The first-order valence-electron chi connectivity index (χ1n) is 4.04. The summed E-state index contributed by atoms with van der Waals surface area (Å²) in [6.07, 6.45) is 0. The highest BCUT2D eigenvalue weighted by molar-refractivity contribution is 6.31. The van der Waals surface area contributed by atoms with Gasteiger partial charge in [0.1, 0.15) is 5.82 Å². The number of alkyl halides is 1. The fraction of sp³-hybridized carbons (Fsp3) is 0.111. The van der Waals surface area contributed by atoms with Gasteiger partial charge < -0.3 is 4.52 Å². The van der Waals surface area contributed by atoms with Gasteiger partial charge in [0.2, 0.25) is 0 Å². The van der Waals surface area contributed by atoms with Crippen molar-refractivity contribution in [2.75, 3.05) is 0 Å². The highest BCUT2D eigenvalue weighted by Crippen LogP contribution is 2.23. The Hall–Kier alpha value is -1.13. The molecule has 1 aromatic carbocycles. The standard InChI is InChI=1S/C9H5Cl2FN2O/c10-4-8-13-9(15-14-8)5-1-2-7(12)6(11)3-5/h1-3H,4H2. The molecule has 1 heterocycles. The highest BCUT2D eigenvalue weighted by atomic mass is 35.5. The fourth-order valence-electron chi connectivity index (χ4n) is 1.05. The zero-order chi connectivity index (χ0) is 10.8. The molecule has 0 aliphatic heterocycles. The minimum atomic E-state index is -0.488. The first kappa shape index (κ1) is 10.4. The van der Waals surface area contributed by atoms with Crippen molar-refractivity contribution in [3.05, 3.63) is 34.9 Å². The predicted octanol–water partition coefficient (Wildman–Crippen LogP) is 3.27. The second kappa shape index (κ2) is 4.16. The first-order chi connectivity index (χ1) is 7.20. The lowest BCUT2D eigenvalue weighted by Gasteiger charge is -1.96. The molecule has 2 rings (SSSR count).